The van der Waals surface area contributed by atoms with E-state index in [9.17, 15) is 0 Å². The molecular weight excluding hydrogens is 446 g/mol. The smallest absolute Gasteiger partial charge is 0.138 e. The maximum Gasteiger partial charge on any atom is 0.138 e. The molecular formula is C28H20BrNO. The number of fused-ring (bicyclic) bond motifs is 4. The van der Waals surface area contributed by atoms with Crippen LogP contribution in [0.4, 0.5) is 17.1 Å². The second kappa shape index (κ2) is 7.14. The molecule has 0 N–H and O–H groups in total. The molecule has 0 unspecified atom stereocenters. The van der Waals surface area contributed by atoms with E-state index in [1.54, 1.807) is 0 Å². The summed E-state index contributed by atoms with van der Waals surface area (Å²) in [6, 6.07) is 27.8. The van der Waals surface area contributed by atoms with Crippen LogP contribution in [0.25, 0.3) is 28.0 Å². The largest absolute Gasteiger partial charge is 0.456 e. The van der Waals surface area contributed by atoms with Crippen molar-refractivity contribution in [3.05, 3.63) is 107 Å². The van der Waals surface area contributed by atoms with Gasteiger partial charge >= 0.3 is 0 Å². The molecule has 31 heavy (non-hydrogen) atoms. The highest BCUT2D eigenvalue weighted by atomic mass is 79.9. The normalized spacial score (nSPS) is 12.5. The summed E-state index contributed by atoms with van der Waals surface area (Å²) in [5.41, 5.74) is 9.05. The molecule has 1 aliphatic rings. The third-order valence-electron chi connectivity index (χ3n) is 6.14. The van der Waals surface area contributed by atoms with Gasteiger partial charge in [-0.3, -0.25) is 0 Å². The maximum absolute atomic E-state index is 6.27. The Morgan fingerprint density at radius 1 is 0.806 bits per heavy atom. The molecule has 0 saturated heterocycles. The number of para-hydroxylation sites is 1. The Kier molecular flexibility index (Phi) is 4.25. The molecule has 0 atom stereocenters. The predicted molar refractivity (Wildman–Crippen MR) is 134 cm³/mol. The monoisotopic (exact) mass is 465 g/mol. The lowest BCUT2D eigenvalue weighted by atomic mass is 9.88. The van der Waals surface area contributed by atoms with E-state index in [0.29, 0.717) is 0 Å². The van der Waals surface area contributed by atoms with Crippen molar-refractivity contribution in [3.63, 3.8) is 0 Å². The van der Waals surface area contributed by atoms with E-state index in [1.165, 1.54) is 17.5 Å². The second-order valence-electron chi connectivity index (χ2n) is 7.98. The molecule has 2 nitrogen and oxygen atoms in total. The minimum atomic E-state index is 0.866. The molecule has 3 heteroatoms. The summed E-state index contributed by atoms with van der Waals surface area (Å²) in [6.45, 7) is 4.02. The number of benzene rings is 4. The average Bonchev–Trinajstić information content (AvgIpc) is 3.14. The number of hydrogen-bond donors (Lipinski definition) is 0. The summed E-state index contributed by atoms with van der Waals surface area (Å²) in [6.07, 6.45) is 4.21. The quantitative estimate of drug-likeness (QED) is 0.264. The van der Waals surface area contributed by atoms with E-state index >= 15 is 0 Å². The third kappa shape index (κ3) is 3.00. The van der Waals surface area contributed by atoms with Gasteiger partial charge in [0.05, 0.1) is 11.1 Å². The zero-order valence-corrected chi connectivity index (χ0v) is 18.5. The molecule has 0 radical (unpaired) electrons. The van der Waals surface area contributed by atoms with Crippen molar-refractivity contribution in [2.45, 2.75) is 12.8 Å². The van der Waals surface area contributed by atoms with Gasteiger partial charge in [0.2, 0.25) is 0 Å². The Morgan fingerprint density at radius 2 is 1.65 bits per heavy atom. The lowest BCUT2D eigenvalue weighted by Crippen LogP contribution is -2.14. The summed E-state index contributed by atoms with van der Waals surface area (Å²) in [4.78, 5) is 2.34. The van der Waals surface area contributed by atoms with Gasteiger partial charge < -0.3 is 9.32 Å². The van der Waals surface area contributed by atoms with Gasteiger partial charge in [0.1, 0.15) is 11.2 Å². The number of halogens is 1. The van der Waals surface area contributed by atoms with Crippen LogP contribution in [0.3, 0.4) is 0 Å². The minimum Gasteiger partial charge on any atom is -0.456 e. The number of anilines is 3. The number of rotatable bonds is 4. The van der Waals surface area contributed by atoms with Gasteiger partial charge in [-0.25, -0.2) is 0 Å². The topological polar surface area (TPSA) is 16.4 Å². The van der Waals surface area contributed by atoms with Crippen LogP contribution in [-0.4, -0.2) is 0 Å². The van der Waals surface area contributed by atoms with E-state index in [2.05, 4.69) is 94.1 Å². The Labute approximate surface area is 189 Å². The number of hydrogen-bond acceptors (Lipinski definition) is 2. The minimum absolute atomic E-state index is 0.866. The second-order valence-corrected chi connectivity index (χ2v) is 8.90. The lowest BCUT2D eigenvalue weighted by Gasteiger charge is -2.29. The van der Waals surface area contributed by atoms with Gasteiger partial charge in [-0.05, 0) is 84.1 Å². The first-order valence-corrected chi connectivity index (χ1v) is 11.3. The molecule has 1 aliphatic carbocycles. The molecule has 1 heterocycles. The third-order valence-corrected chi connectivity index (χ3v) is 6.63. The zero-order chi connectivity index (χ0) is 20.9. The highest BCUT2D eigenvalue weighted by Gasteiger charge is 2.22. The van der Waals surface area contributed by atoms with Crippen LogP contribution in [0.2, 0.25) is 0 Å². The molecule has 0 spiro atoms. The summed E-state index contributed by atoms with van der Waals surface area (Å²) < 4.78 is 7.31. The van der Waals surface area contributed by atoms with Crippen LogP contribution >= 0.6 is 15.9 Å². The highest BCUT2D eigenvalue weighted by Crippen LogP contribution is 2.45. The van der Waals surface area contributed by atoms with Gasteiger partial charge in [0, 0.05) is 21.2 Å². The fourth-order valence-electron chi connectivity index (χ4n) is 4.50. The fourth-order valence-corrected chi connectivity index (χ4v) is 4.86. The van der Waals surface area contributed by atoms with Crippen LogP contribution in [0.1, 0.15) is 16.7 Å². The summed E-state index contributed by atoms with van der Waals surface area (Å²) in [5.74, 6) is 0. The van der Waals surface area contributed by atoms with E-state index in [1.807, 2.05) is 18.2 Å². The standard InChI is InChI=1S/C28H20BrNO/c1-2-18-14-25(28-24-17-21(29)11-13-26(24)31-27(28)15-18)30(22-6-4-3-5-7-22)23-12-10-19-8-9-20(19)16-23/h2-7,10-17H,1,8-9H2. The van der Waals surface area contributed by atoms with E-state index < -0.39 is 0 Å². The molecule has 0 bridgehead atoms. The maximum atomic E-state index is 6.27. The lowest BCUT2D eigenvalue weighted by molar-refractivity contribution is 0.669. The molecule has 150 valence electrons. The van der Waals surface area contributed by atoms with Crippen molar-refractivity contribution in [2.75, 3.05) is 4.90 Å². The van der Waals surface area contributed by atoms with Gasteiger partial charge in [-0.15, -0.1) is 0 Å². The first kappa shape index (κ1) is 18.5. The molecule has 0 fully saturated rings. The Bertz CT molecular complexity index is 1470. The van der Waals surface area contributed by atoms with Crippen LogP contribution in [0.5, 0.6) is 0 Å². The predicted octanol–water partition coefficient (Wildman–Crippen LogP) is 8.56. The fraction of sp³-hybridized carbons (Fsp3) is 0.0714. The van der Waals surface area contributed by atoms with Crippen LogP contribution in [0.15, 0.2) is 94.3 Å². The van der Waals surface area contributed by atoms with Crippen molar-refractivity contribution in [3.8, 4) is 0 Å². The number of furan rings is 1. The Morgan fingerprint density at radius 3 is 2.39 bits per heavy atom. The number of nitrogens with zero attached hydrogens (tertiary/aromatic N) is 1. The van der Waals surface area contributed by atoms with Gasteiger partial charge in [0.25, 0.3) is 0 Å². The van der Waals surface area contributed by atoms with Gasteiger partial charge in [-0.1, -0.05) is 52.9 Å². The van der Waals surface area contributed by atoms with Crippen molar-refractivity contribution in [2.24, 2.45) is 0 Å². The Balaban J connectivity index is 1.71. The van der Waals surface area contributed by atoms with Gasteiger partial charge in [-0.2, -0.15) is 0 Å². The zero-order valence-electron chi connectivity index (χ0n) is 16.9. The van der Waals surface area contributed by atoms with E-state index in [4.69, 9.17) is 4.42 Å². The van der Waals surface area contributed by atoms with Gasteiger partial charge in [0.15, 0.2) is 0 Å². The first-order valence-electron chi connectivity index (χ1n) is 10.5. The molecule has 1 aromatic heterocycles. The Hall–Kier alpha value is -3.30. The average molecular weight is 466 g/mol. The summed E-state index contributed by atoms with van der Waals surface area (Å²) >= 11 is 3.64. The molecule has 6 rings (SSSR count). The highest BCUT2D eigenvalue weighted by molar-refractivity contribution is 9.10. The van der Waals surface area contributed by atoms with Crippen molar-refractivity contribution >= 4 is 61.0 Å². The van der Waals surface area contributed by atoms with Crippen LogP contribution in [-0.2, 0) is 12.8 Å². The molecule has 0 amide bonds. The van der Waals surface area contributed by atoms with Crippen molar-refractivity contribution in [1.29, 1.82) is 0 Å². The molecule has 0 aliphatic heterocycles. The molecule has 5 aromatic rings. The van der Waals surface area contributed by atoms with Crippen LogP contribution < -0.4 is 4.90 Å². The summed E-state index contributed by atoms with van der Waals surface area (Å²) in [5, 5.41) is 2.20. The van der Waals surface area contributed by atoms with Crippen molar-refractivity contribution < 1.29 is 4.42 Å². The summed E-state index contributed by atoms with van der Waals surface area (Å²) in [7, 11) is 0. The SMILES string of the molecule is C=Cc1cc(N(c2ccccc2)c2ccc3c(c2)CC3)c2c(c1)oc1ccc(Br)cc12. The molecule has 4 aromatic carbocycles. The number of aryl methyl sites for hydroxylation is 2. The van der Waals surface area contributed by atoms with Crippen LogP contribution in [0, 0.1) is 0 Å². The van der Waals surface area contributed by atoms with E-state index in [0.717, 1.165) is 55.5 Å². The molecule has 0 saturated carbocycles. The van der Waals surface area contributed by atoms with E-state index in [-0.39, 0.29) is 0 Å². The van der Waals surface area contributed by atoms with Crippen molar-refractivity contribution in [1.82, 2.24) is 0 Å². The first-order chi connectivity index (χ1) is 15.2.